The second-order valence-electron chi connectivity index (χ2n) is 3.27. The summed E-state index contributed by atoms with van der Waals surface area (Å²) < 4.78 is 5.43. The van der Waals surface area contributed by atoms with Crippen molar-refractivity contribution >= 4 is 5.69 Å². The minimum Gasteiger partial charge on any atom is -0.398 e. The number of rotatable bonds is 1. The van der Waals surface area contributed by atoms with Gasteiger partial charge in [-0.3, -0.25) is 0 Å². The lowest BCUT2D eigenvalue weighted by atomic mass is 9.92. The molecule has 13 heavy (non-hydrogen) atoms. The molecule has 1 aromatic rings. The van der Waals surface area contributed by atoms with E-state index < -0.39 is 0 Å². The maximum Gasteiger partial charge on any atom is 0.0740 e. The SMILES string of the molecule is C=CC1COCc2c(N)cccc21. The molecule has 0 aromatic heterocycles. The lowest BCUT2D eigenvalue weighted by molar-refractivity contribution is 0.101. The van der Waals surface area contributed by atoms with Crippen molar-refractivity contribution in [1.29, 1.82) is 0 Å². The van der Waals surface area contributed by atoms with E-state index in [0.29, 0.717) is 12.5 Å². The van der Waals surface area contributed by atoms with Gasteiger partial charge in [-0.15, -0.1) is 6.58 Å². The van der Waals surface area contributed by atoms with Crippen LogP contribution in [0.4, 0.5) is 5.69 Å². The van der Waals surface area contributed by atoms with E-state index in [1.165, 1.54) is 5.56 Å². The molecule has 2 heteroatoms. The number of hydrogen-bond donors (Lipinski definition) is 1. The van der Waals surface area contributed by atoms with Gasteiger partial charge < -0.3 is 10.5 Å². The Morgan fingerprint density at radius 2 is 2.38 bits per heavy atom. The molecule has 0 fully saturated rings. The Hall–Kier alpha value is -1.28. The fourth-order valence-electron chi connectivity index (χ4n) is 1.71. The predicted octanol–water partition coefficient (Wildman–Crippen LogP) is 2.07. The second kappa shape index (κ2) is 3.23. The summed E-state index contributed by atoms with van der Waals surface area (Å²) in [5, 5.41) is 0. The van der Waals surface area contributed by atoms with Crippen LogP contribution in [0.5, 0.6) is 0 Å². The van der Waals surface area contributed by atoms with E-state index >= 15 is 0 Å². The number of anilines is 1. The zero-order valence-electron chi connectivity index (χ0n) is 7.49. The van der Waals surface area contributed by atoms with Crippen LogP contribution in [0.1, 0.15) is 17.0 Å². The van der Waals surface area contributed by atoms with Gasteiger partial charge in [-0.25, -0.2) is 0 Å². The lowest BCUT2D eigenvalue weighted by Gasteiger charge is -2.24. The monoisotopic (exact) mass is 175 g/mol. The van der Waals surface area contributed by atoms with Gasteiger partial charge in [0.2, 0.25) is 0 Å². The minimum absolute atomic E-state index is 0.298. The van der Waals surface area contributed by atoms with Gasteiger partial charge in [-0.05, 0) is 11.6 Å². The first-order valence-electron chi connectivity index (χ1n) is 4.40. The fourth-order valence-corrected chi connectivity index (χ4v) is 1.71. The fraction of sp³-hybridized carbons (Fsp3) is 0.273. The van der Waals surface area contributed by atoms with Gasteiger partial charge in [0.05, 0.1) is 13.2 Å². The molecule has 2 rings (SSSR count). The normalized spacial score (nSPS) is 20.8. The van der Waals surface area contributed by atoms with Crippen LogP contribution in [0.3, 0.4) is 0 Å². The van der Waals surface area contributed by atoms with E-state index in [-0.39, 0.29) is 0 Å². The van der Waals surface area contributed by atoms with Crippen molar-refractivity contribution in [2.24, 2.45) is 0 Å². The number of fused-ring (bicyclic) bond motifs is 1. The molecule has 0 radical (unpaired) electrons. The maximum atomic E-state index is 5.84. The molecule has 2 nitrogen and oxygen atoms in total. The van der Waals surface area contributed by atoms with Gasteiger partial charge in [-0.1, -0.05) is 18.2 Å². The van der Waals surface area contributed by atoms with Gasteiger partial charge in [0.25, 0.3) is 0 Å². The summed E-state index contributed by atoms with van der Waals surface area (Å²) in [5.74, 6) is 0.298. The first kappa shape index (κ1) is 8.32. The first-order valence-corrected chi connectivity index (χ1v) is 4.40. The molecule has 1 atom stereocenters. The van der Waals surface area contributed by atoms with Crippen LogP contribution in [-0.2, 0) is 11.3 Å². The third kappa shape index (κ3) is 1.33. The van der Waals surface area contributed by atoms with E-state index in [2.05, 4.69) is 12.6 Å². The number of ether oxygens (including phenoxy) is 1. The molecule has 68 valence electrons. The highest BCUT2D eigenvalue weighted by atomic mass is 16.5. The van der Waals surface area contributed by atoms with E-state index in [1.54, 1.807) is 0 Å². The number of nitrogens with two attached hydrogens (primary N) is 1. The van der Waals surface area contributed by atoms with Gasteiger partial charge >= 0.3 is 0 Å². The molecule has 0 aliphatic carbocycles. The smallest absolute Gasteiger partial charge is 0.0740 e. The van der Waals surface area contributed by atoms with Crippen molar-refractivity contribution in [3.8, 4) is 0 Å². The first-order chi connectivity index (χ1) is 6.33. The van der Waals surface area contributed by atoms with Crippen LogP contribution < -0.4 is 5.73 Å². The Morgan fingerprint density at radius 3 is 3.15 bits per heavy atom. The Bertz CT molecular complexity index is 333. The van der Waals surface area contributed by atoms with Gasteiger partial charge in [0.1, 0.15) is 0 Å². The summed E-state index contributed by atoms with van der Waals surface area (Å²) in [6.07, 6.45) is 1.91. The van der Waals surface area contributed by atoms with Crippen molar-refractivity contribution in [2.45, 2.75) is 12.5 Å². The highest BCUT2D eigenvalue weighted by molar-refractivity contribution is 5.53. The molecule has 0 spiro atoms. The third-order valence-corrected chi connectivity index (χ3v) is 2.48. The summed E-state index contributed by atoms with van der Waals surface area (Å²) in [4.78, 5) is 0. The highest BCUT2D eigenvalue weighted by Gasteiger charge is 2.19. The second-order valence-corrected chi connectivity index (χ2v) is 3.27. The Labute approximate surface area is 78.0 Å². The quantitative estimate of drug-likeness (QED) is 0.524. The van der Waals surface area contributed by atoms with Crippen molar-refractivity contribution in [1.82, 2.24) is 0 Å². The minimum atomic E-state index is 0.298. The largest absolute Gasteiger partial charge is 0.398 e. The summed E-state index contributed by atoms with van der Waals surface area (Å²) in [5.41, 5.74) is 9.06. The molecule has 1 aliphatic heterocycles. The Kier molecular flexibility index (Phi) is 2.07. The van der Waals surface area contributed by atoms with Crippen LogP contribution >= 0.6 is 0 Å². The average Bonchev–Trinajstić information content (AvgIpc) is 2.18. The molecule has 0 bridgehead atoms. The number of hydrogen-bond acceptors (Lipinski definition) is 2. The summed E-state index contributed by atoms with van der Waals surface area (Å²) >= 11 is 0. The molecule has 1 aliphatic rings. The molecule has 0 saturated heterocycles. The number of nitrogen functional groups attached to an aromatic ring is 1. The summed E-state index contributed by atoms with van der Waals surface area (Å²) in [6, 6.07) is 5.99. The van der Waals surface area contributed by atoms with Crippen molar-refractivity contribution in [3.05, 3.63) is 42.0 Å². The summed E-state index contributed by atoms with van der Waals surface area (Å²) in [6.45, 7) is 5.15. The molecule has 1 aromatic carbocycles. The van der Waals surface area contributed by atoms with Crippen LogP contribution in [-0.4, -0.2) is 6.61 Å². The third-order valence-electron chi connectivity index (χ3n) is 2.48. The van der Waals surface area contributed by atoms with Crippen LogP contribution in [0, 0.1) is 0 Å². The Morgan fingerprint density at radius 1 is 1.54 bits per heavy atom. The van der Waals surface area contributed by atoms with Crippen LogP contribution in [0.25, 0.3) is 0 Å². The molecular weight excluding hydrogens is 162 g/mol. The predicted molar refractivity (Wildman–Crippen MR) is 53.4 cm³/mol. The zero-order valence-corrected chi connectivity index (χ0v) is 7.49. The molecule has 1 heterocycles. The zero-order chi connectivity index (χ0) is 9.26. The summed E-state index contributed by atoms with van der Waals surface area (Å²) in [7, 11) is 0. The van der Waals surface area contributed by atoms with E-state index in [0.717, 1.165) is 17.9 Å². The van der Waals surface area contributed by atoms with Crippen molar-refractivity contribution in [3.63, 3.8) is 0 Å². The van der Waals surface area contributed by atoms with Crippen molar-refractivity contribution < 1.29 is 4.74 Å². The van der Waals surface area contributed by atoms with Crippen LogP contribution in [0.2, 0.25) is 0 Å². The van der Waals surface area contributed by atoms with E-state index in [1.807, 2.05) is 18.2 Å². The number of benzene rings is 1. The molecule has 1 unspecified atom stereocenters. The topological polar surface area (TPSA) is 35.2 Å². The van der Waals surface area contributed by atoms with E-state index in [9.17, 15) is 0 Å². The lowest BCUT2D eigenvalue weighted by Crippen LogP contribution is -2.16. The molecule has 2 N–H and O–H groups in total. The molecule has 0 saturated carbocycles. The average molecular weight is 175 g/mol. The van der Waals surface area contributed by atoms with Gasteiger partial charge in [0.15, 0.2) is 0 Å². The standard InChI is InChI=1S/C11H13NO/c1-2-8-6-13-7-10-9(8)4-3-5-11(10)12/h2-5,8H,1,6-7,12H2. The van der Waals surface area contributed by atoms with Gasteiger partial charge in [-0.2, -0.15) is 0 Å². The highest BCUT2D eigenvalue weighted by Crippen LogP contribution is 2.30. The van der Waals surface area contributed by atoms with Crippen LogP contribution in [0.15, 0.2) is 30.9 Å². The van der Waals surface area contributed by atoms with Gasteiger partial charge in [0, 0.05) is 17.2 Å². The maximum absolute atomic E-state index is 5.84. The Balaban J connectivity index is 2.51. The van der Waals surface area contributed by atoms with Crippen molar-refractivity contribution in [2.75, 3.05) is 12.3 Å². The van der Waals surface area contributed by atoms with E-state index in [4.69, 9.17) is 10.5 Å². The molecular formula is C11H13NO. The molecule has 0 amide bonds.